The summed E-state index contributed by atoms with van der Waals surface area (Å²) in [5.41, 5.74) is 0.372. The first-order chi connectivity index (χ1) is 9.99. The minimum atomic E-state index is -0.361. The maximum Gasteiger partial charge on any atom is 0.253 e. The average Bonchev–Trinajstić information content (AvgIpc) is 2.44. The fourth-order valence-corrected chi connectivity index (χ4v) is 2.41. The van der Waals surface area contributed by atoms with Gasteiger partial charge < -0.3 is 15.1 Å². The van der Waals surface area contributed by atoms with Crippen LogP contribution in [0.3, 0.4) is 0 Å². The fourth-order valence-electron chi connectivity index (χ4n) is 2.41. The fraction of sp³-hybridized carbons (Fsp3) is 0.750. The molecule has 0 unspecified atom stereocenters. The molecule has 1 rings (SSSR count). The third kappa shape index (κ3) is 5.16. The summed E-state index contributed by atoms with van der Waals surface area (Å²) in [5.74, 6) is 0. The van der Waals surface area contributed by atoms with Gasteiger partial charge in [-0.05, 0) is 33.5 Å². The van der Waals surface area contributed by atoms with E-state index in [-0.39, 0.29) is 10.9 Å². The van der Waals surface area contributed by atoms with Gasteiger partial charge in [-0.2, -0.15) is 0 Å². The van der Waals surface area contributed by atoms with Gasteiger partial charge in [0.1, 0.15) is 11.4 Å². The molecular formula is C16H29N3O2. The molecular weight excluding hydrogens is 266 g/mol. The molecule has 0 radical (unpaired) electrons. The van der Waals surface area contributed by atoms with Crippen molar-refractivity contribution in [1.82, 2.24) is 4.90 Å². The van der Waals surface area contributed by atoms with Crippen LogP contribution >= 0.6 is 0 Å². The summed E-state index contributed by atoms with van der Waals surface area (Å²) in [5, 5.41) is 3.15. The smallest absolute Gasteiger partial charge is 0.253 e. The van der Waals surface area contributed by atoms with Crippen LogP contribution < -0.4 is 21.1 Å². The van der Waals surface area contributed by atoms with Crippen molar-refractivity contribution in [2.75, 3.05) is 51.0 Å². The molecule has 0 amide bonds. The van der Waals surface area contributed by atoms with Gasteiger partial charge in [-0.15, -0.1) is 0 Å². The number of hydrogen-bond acceptors (Lipinski definition) is 5. The number of hydrogen-bond donors (Lipinski definition) is 1. The van der Waals surface area contributed by atoms with E-state index >= 15 is 0 Å². The van der Waals surface area contributed by atoms with E-state index in [1.165, 1.54) is 12.8 Å². The molecule has 120 valence electrons. The van der Waals surface area contributed by atoms with Crippen molar-refractivity contribution in [2.45, 2.75) is 39.0 Å². The first kappa shape index (κ1) is 17.7. The lowest BCUT2D eigenvalue weighted by Gasteiger charge is -2.24. The van der Waals surface area contributed by atoms with Crippen molar-refractivity contribution in [3.05, 3.63) is 20.4 Å². The summed E-state index contributed by atoms with van der Waals surface area (Å²) in [6.45, 7) is 4.70. The summed E-state index contributed by atoms with van der Waals surface area (Å²) < 4.78 is 0. The van der Waals surface area contributed by atoms with Crippen molar-refractivity contribution < 1.29 is 0 Å². The maximum absolute atomic E-state index is 11.7. The highest BCUT2D eigenvalue weighted by Crippen LogP contribution is 2.19. The van der Waals surface area contributed by atoms with Gasteiger partial charge in [-0.25, -0.2) is 0 Å². The first-order valence-electron chi connectivity index (χ1n) is 7.92. The van der Waals surface area contributed by atoms with Crippen LogP contribution in [0.1, 0.15) is 39.0 Å². The molecule has 0 atom stereocenters. The van der Waals surface area contributed by atoms with E-state index in [1.54, 1.807) is 0 Å². The van der Waals surface area contributed by atoms with Crippen LogP contribution in [0.15, 0.2) is 9.59 Å². The van der Waals surface area contributed by atoms with Gasteiger partial charge in [0.05, 0.1) is 0 Å². The Morgan fingerprint density at radius 2 is 1.62 bits per heavy atom. The van der Waals surface area contributed by atoms with Gasteiger partial charge in [0.25, 0.3) is 10.9 Å². The van der Waals surface area contributed by atoms with E-state index in [0.29, 0.717) is 11.4 Å². The quantitative estimate of drug-likeness (QED) is 0.497. The molecule has 0 aliphatic carbocycles. The summed E-state index contributed by atoms with van der Waals surface area (Å²) in [4.78, 5) is 27.4. The second-order valence-corrected chi connectivity index (χ2v) is 5.95. The Balaban J connectivity index is 2.49. The molecule has 0 saturated carbocycles. The zero-order chi connectivity index (χ0) is 15.8. The van der Waals surface area contributed by atoms with Crippen LogP contribution in [0, 0.1) is 0 Å². The van der Waals surface area contributed by atoms with Crippen LogP contribution in [-0.4, -0.2) is 45.7 Å². The molecule has 0 aliphatic heterocycles. The predicted molar refractivity (Wildman–Crippen MR) is 90.4 cm³/mol. The van der Waals surface area contributed by atoms with Crippen LogP contribution in [-0.2, 0) is 0 Å². The van der Waals surface area contributed by atoms with Gasteiger partial charge >= 0.3 is 0 Å². The van der Waals surface area contributed by atoms with Gasteiger partial charge in [-0.3, -0.25) is 9.59 Å². The van der Waals surface area contributed by atoms with Crippen molar-refractivity contribution in [3.63, 3.8) is 0 Å². The number of rotatable bonds is 11. The first-order valence-corrected chi connectivity index (χ1v) is 7.92. The predicted octanol–water partition coefficient (Wildman–Crippen LogP) is 1.66. The summed E-state index contributed by atoms with van der Waals surface area (Å²) in [7, 11) is 5.94. The Morgan fingerprint density at radius 1 is 0.905 bits per heavy atom. The summed E-state index contributed by atoms with van der Waals surface area (Å²) in [6.07, 6.45) is 5.58. The molecule has 0 saturated heterocycles. The molecule has 0 spiro atoms. The second kappa shape index (κ2) is 8.82. The van der Waals surface area contributed by atoms with Gasteiger partial charge in [0.15, 0.2) is 0 Å². The maximum atomic E-state index is 11.7. The van der Waals surface area contributed by atoms with Crippen LogP contribution in [0.2, 0.25) is 0 Å². The van der Waals surface area contributed by atoms with Crippen LogP contribution in [0.4, 0.5) is 11.4 Å². The Bertz CT molecular complexity index is 490. The zero-order valence-corrected chi connectivity index (χ0v) is 13.9. The third-order valence-electron chi connectivity index (χ3n) is 3.70. The molecule has 0 fully saturated rings. The van der Waals surface area contributed by atoms with E-state index in [4.69, 9.17) is 0 Å². The Hall–Kier alpha value is -1.36. The van der Waals surface area contributed by atoms with Crippen molar-refractivity contribution in [3.8, 4) is 0 Å². The SMILES string of the molecule is CCCCCCNc1c(N(C)CCCN(C)C)c(=O)c1=O. The molecule has 0 aliphatic rings. The number of nitrogens with zero attached hydrogens (tertiary/aromatic N) is 2. The minimum absolute atomic E-state index is 0.349. The molecule has 5 nitrogen and oxygen atoms in total. The summed E-state index contributed by atoms with van der Waals surface area (Å²) >= 11 is 0. The lowest BCUT2D eigenvalue weighted by molar-refractivity contribution is 0.401. The van der Waals surface area contributed by atoms with Gasteiger partial charge in [0.2, 0.25) is 0 Å². The third-order valence-corrected chi connectivity index (χ3v) is 3.70. The Labute approximate surface area is 127 Å². The largest absolute Gasteiger partial charge is 0.380 e. The minimum Gasteiger partial charge on any atom is -0.380 e. The van der Waals surface area contributed by atoms with Crippen LogP contribution in [0.5, 0.6) is 0 Å². The molecule has 1 N–H and O–H groups in total. The Morgan fingerprint density at radius 3 is 2.24 bits per heavy atom. The molecule has 21 heavy (non-hydrogen) atoms. The van der Waals surface area contributed by atoms with Gasteiger partial charge in [-0.1, -0.05) is 26.2 Å². The van der Waals surface area contributed by atoms with E-state index < -0.39 is 0 Å². The monoisotopic (exact) mass is 295 g/mol. The van der Waals surface area contributed by atoms with Gasteiger partial charge in [0, 0.05) is 20.1 Å². The average molecular weight is 295 g/mol. The van der Waals surface area contributed by atoms with Crippen molar-refractivity contribution in [1.29, 1.82) is 0 Å². The second-order valence-electron chi connectivity index (χ2n) is 5.95. The van der Waals surface area contributed by atoms with E-state index in [0.717, 1.165) is 38.9 Å². The van der Waals surface area contributed by atoms with Crippen LogP contribution in [0.25, 0.3) is 0 Å². The van der Waals surface area contributed by atoms with E-state index in [1.807, 2.05) is 26.0 Å². The lowest BCUT2D eigenvalue weighted by Crippen LogP contribution is -2.42. The zero-order valence-electron chi connectivity index (χ0n) is 13.9. The molecule has 1 aromatic rings. The van der Waals surface area contributed by atoms with Crippen molar-refractivity contribution in [2.24, 2.45) is 0 Å². The molecule has 0 aromatic heterocycles. The standard InChI is InChI=1S/C16H29N3O2/c1-5-6-7-8-10-17-13-14(16(21)15(13)20)19(4)12-9-11-18(2)3/h17H,5-12H2,1-4H3. The number of anilines is 2. The summed E-state index contributed by atoms with van der Waals surface area (Å²) in [6, 6.07) is 0. The van der Waals surface area contributed by atoms with E-state index in [2.05, 4.69) is 17.1 Å². The number of unbranched alkanes of at least 4 members (excludes halogenated alkanes) is 3. The normalized spacial score (nSPS) is 11.3. The van der Waals surface area contributed by atoms with E-state index in [9.17, 15) is 9.59 Å². The molecule has 0 heterocycles. The highest BCUT2D eigenvalue weighted by molar-refractivity contribution is 5.74. The van der Waals surface area contributed by atoms with Crippen molar-refractivity contribution >= 4 is 11.4 Å². The lowest BCUT2D eigenvalue weighted by atomic mass is 10.1. The molecule has 5 heteroatoms. The molecule has 0 bridgehead atoms. The topological polar surface area (TPSA) is 52.6 Å². The highest BCUT2D eigenvalue weighted by atomic mass is 16.2. The molecule has 1 aromatic carbocycles. The number of nitrogens with one attached hydrogen (secondary N) is 1. The highest BCUT2D eigenvalue weighted by Gasteiger charge is 2.23. The Kier molecular flexibility index (Phi) is 7.43.